The van der Waals surface area contributed by atoms with Crippen molar-refractivity contribution in [1.29, 1.82) is 0 Å². The SMILES string of the molecule is CCCn1cc(C(=O)N(CC(=O)O)C(C)C)cn1. The zero-order chi connectivity index (χ0) is 13.7. The molecule has 0 saturated carbocycles. The molecule has 0 spiro atoms. The van der Waals surface area contributed by atoms with Crippen LogP contribution in [-0.2, 0) is 11.3 Å². The lowest BCUT2D eigenvalue weighted by Gasteiger charge is -2.24. The highest BCUT2D eigenvalue weighted by Gasteiger charge is 2.22. The molecular weight excluding hydrogens is 234 g/mol. The lowest BCUT2D eigenvalue weighted by atomic mass is 10.2. The zero-order valence-corrected chi connectivity index (χ0v) is 11.0. The molecule has 0 aliphatic carbocycles. The van der Waals surface area contributed by atoms with Crippen molar-refractivity contribution in [2.45, 2.75) is 39.8 Å². The van der Waals surface area contributed by atoms with Crippen LogP contribution in [0.25, 0.3) is 0 Å². The Morgan fingerprint density at radius 1 is 1.50 bits per heavy atom. The van der Waals surface area contributed by atoms with Crippen LogP contribution in [0.3, 0.4) is 0 Å². The molecule has 0 bridgehead atoms. The Morgan fingerprint density at radius 3 is 2.67 bits per heavy atom. The van der Waals surface area contributed by atoms with E-state index in [-0.39, 0.29) is 18.5 Å². The summed E-state index contributed by atoms with van der Waals surface area (Å²) in [7, 11) is 0. The fourth-order valence-electron chi connectivity index (χ4n) is 1.63. The van der Waals surface area contributed by atoms with Gasteiger partial charge < -0.3 is 10.0 Å². The highest BCUT2D eigenvalue weighted by atomic mass is 16.4. The first-order valence-corrected chi connectivity index (χ1v) is 6.01. The van der Waals surface area contributed by atoms with Crippen LogP contribution in [0.4, 0.5) is 0 Å². The second-order valence-electron chi connectivity index (χ2n) is 4.41. The van der Waals surface area contributed by atoms with Crippen molar-refractivity contribution < 1.29 is 14.7 Å². The molecule has 0 fully saturated rings. The molecule has 0 aromatic carbocycles. The summed E-state index contributed by atoms with van der Waals surface area (Å²) in [5, 5.41) is 12.9. The average molecular weight is 253 g/mol. The van der Waals surface area contributed by atoms with Crippen molar-refractivity contribution in [2.75, 3.05) is 6.54 Å². The molecule has 1 aromatic heterocycles. The van der Waals surface area contributed by atoms with Gasteiger partial charge in [-0.1, -0.05) is 6.92 Å². The second-order valence-corrected chi connectivity index (χ2v) is 4.41. The fraction of sp³-hybridized carbons (Fsp3) is 0.583. The largest absolute Gasteiger partial charge is 0.480 e. The number of carboxylic acids is 1. The molecule has 0 radical (unpaired) electrons. The van der Waals surface area contributed by atoms with E-state index in [9.17, 15) is 9.59 Å². The highest BCUT2D eigenvalue weighted by molar-refractivity contribution is 5.95. The first kappa shape index (κ1) is 14.2. The van der Waals surface area contributed by atoms with E-state index in [0.29, 0.717) is 5.56 Å². The van der Waals surface area contributed by atoms with Gasteiger partial charge in [-0.15, -0.1) is 0 Å². The Labute approximate surface area is 106 Å². The number of amides is 1. The molecule has 0 aliphatic rings. The molecule has 1 rings (SSSR count). The Balaban J connectivity index is 2.84. The number of aryl methyl sites for hydroxylation is 1. The van der Waals surface area contributed by atoms with E-state index in [1.54, 1.807) is 24.7 Å². The third-order valence-electron chi connectivity index (χ3n) is 2.52. The maximum Gasteiger partial charge on any atom is 0.323 e. The highest BCUT2D eigenvalue weighted by Crippen LogP contribution is 2.08. The summed E-state index contributed by atoms with van der Waals surface area (Å²) in [4.78, 5) is 24.2. The van der Waals surface area contributed by atoms with Crippen LogP contribution in [0.1, 0.15) is 37.6 Å². The van der Waals surface area contributed by atoms with Gasteiger partial charge in [0, 0.05) is 18.8 Å². The smallest absolute Gasteiger partial charge is 0.323 e. The van der Waals surface area contributed by atoms with Crippen LogP contribution >= 0.6 is 0 Å². The van der Waals surface area contributed by atoms with E-state index in [2.05, 4.69) is 5.10 Å². The van der Waals surface area contributed by atoms with E-state index >= 15 is 0 Å². The maximum absolute atomic E-state index is 12.1. The van der Waals surface area contributed by atoms with Gasteiger partial charge in [0.2, 0.25) is 0 Å². The molecule has 1 amide bonds. The molecule has 0 aliphatic heterocycles. The monoisotopic (exact) mass is 253 g/mol. The summed E-state index contributed by atoms with van der Waals surface area (Å²) in [6.07, 6.45) is 4.07. The van der Waals surface area contributed by atoms with Gasteiger partial charge in [0.05, 0.1) is 11.8 Å². The number of nitrogens with zero attached hydrogens (tertiary/aromatic N) is 3. The summed E-state index contributed by atoms with van der Waals surface area (Å²) in [6, 6.07) is -0.164. The van der Waals surface area contributed by atoms with Crippen LogP contribution in [0, 0.1) is 0 Å². The molecular formula is C12H19N3O3. The van der Waals surface area contributed by atoms with Crippen LogP contribution < -0.4 is 0 Å². The van der Waals surface area contributed by atoms with Crippen molar-refractivity contribution in [2.24, 2.45) is 0 Å². The van der Waals surface area contributed by atoms with Crippen molar-refractivity contribution >= 4 is 11.9 Å². The zero-order valence-electron chi connectivity index (χ0n) is 11.0. The molecule has 1 heterocycles. The van der Waals surface area contributed by atoms with E-state index in [4.69, 9.17) is 5.11 Å². The quantitative estimate of drug-likeness (QED) is 0.827. The normalized spacial score (nSPS) is 10.7. The van der Waals surface area contributed by atoms with Crippen LogP contribution in [-0.4, -0.2) is 44.3 Å². The number of carbonyl (C=O) groups excluding carboxylic acids is 1. The van der Waals surface area contributed by atoms with E-state index in [0.717, 1.165) is 13.0 Å². The molecule has 0 atom stereocenters. The van der Waals surface area contributed by atoms with E-state index in [1.165, 1.54) is 11.1 Å². The minimum atomic E-state index is -1.02. The van der Waals surface area contributed by atoms with Crippen molar-refractivity contribution in [1.82, 2.24) is 14.7 Å². The van der Waals surface area contributed by atoms with Gasteiger partial charge in [-0.2, -0.15) is 5.10 Å². The van der Waals surface area contributed by atoms with Gasteiger partial charge in [-0.25, -0.2) is 0 Å². The summed E-state index contributed by atoms with van der Waals surface area (Å²) in [6.45, 7) is 6.05. The Kier molecular flexibility index (Phi) is 4.88. The lowest BCUT2D eigenvalue weighted by Crippen LogP contribution is -2.40. The second kappa shape index (κ2) is 6.18. The van der Waals surface area contributed by atoms with E-state index < -0.39 is 5.97 Å². The van der Waals surface area contributed by atoms with E-state index in [1.807, 2.05) is 6.92 Å². The van der Waals surface area contributed by atoms with Crippen LogP contribution in [0.15, 0.2) is 12.4 Å². The molecule has 1 N–H and O–H groups in total. The van der Waals surface area contributed by atoms with Gasteiger partial charge in [-0.05, 0) is 20.3 Å². The van der Waals surface area contributed by atoms with Gasteiger partial charge in [0.1, 0.15) is 6.54 Å². The van der Waals surface area contributed by atoms with Crippen molar-refractivity contribution in [3.05, 3.63) is 18.0 Å². The third kappa shape index (κ3) is 3.58. The Hall–Kier alpha value is -1.85. The lowest BCUT2D eigenvalue weighted by molar-refractivity contribution is -0.138. The Morgan fingerprint density at radius 2 is 2.17 bits per heavy atom. The predicted octanol–water partition coefficient (Wildman–Crippen LogP) is 1.23. The van der Waals surface area contributed by atoms with Gasteiger partial charge >= 0.3 is 5.97 Å². The minimum absolute atomic E-state index is 0.164. The molecule has 0 saturated heterocycles. The number of hydrogen-bond donors (Lipinski definition) is 1. The topological polar surface area (TPSA) is 75.4 Å². The standard InChI is InChI=1S/C12H19N3O3/c1-4-5-14-7-10(6-13-14)12(18)15(9(2)3)8-11(16)17/h6-7,9H,4-5,8H2,1-3H3,(H,16,17). The van der Waals surface area contributed by atoms with Gasteiger partial charge in [-0.3, -0.25) is 14.3 Å². The molecule has 1 aromatic rings. The summed E-state index contributed by atoms with van der Waals surface area (Å²) in [5.74, 6) is -1.31. The number of carboxylic acid groups (broad SMARTS) is 1. The fourth-order valence-corrected chi connectivity index (χ4v) is 1.63. The Bertz CT molecular complexity index is 426. The van der Waals surface area contributed by atoms with Crippen molar-refractivity contribution in [3.63, 3.8) is 0 Å². The van der Waals surface area contributed by atoms with Gasteiger partial charge in [0.15, 0.2) is 0 Å². The summed E-state index contributed by atoms with van der Waals surface area (Å²) in [5.41, 5.74) is 0.429. The molecule has 0 unspecified atom stereocenters. The molecule has 100 valence electrons. The number of rotatable bonds is 6. The molecule has 6 heteroatoms. The minimum Gasteiger partial charge on any atom is -0.480 e. The number of aromatic nitrogens is 2. The summed E-state index contributed by atoms with van der Waals surface area (Å²) < 4.78 is 1.69. The number of hydrogen-bond acceptors (Lipinski definition) is 3. The van der Waals surface area contributed by atoms with Crippen LogP contribution in [0.2, 0.25) is 0 Å². The number of carbonyl (C=O) groups is 2. The molecule has 18 heavy (non-hydrogen) atoms. The first-order valence-electron chi connectivity index (χ1n) is 6.01. The third-order valence-corrected chi connectivity index (χ3v) is 2.52. The molecule has 6 nitrogen and oxygen atoms in total. The summed E-state index contributed by atoms with van der Waals surface area (Å²) >= 11 is 0. The first-order chi connectivity index (χ1) is 8.45. The predicted molar refractivity (Wildman–Crippen MR) is 66.3 cm³/mol. The van der Waals surface area contributed by atoms with Crippen LogP contribution in [0.5, 0.6) is 0 Å². The average Bonchev–Trinajstić information content (AvgIpc) is 2.73. The van der Waals surface area contributed by atoms with Gasteiger partial charge in [0.25, 0.3) is 5.91 Å². The maximum atomic E-state index is 12.1. The van der Waals surface area contributed by atoms with Crippen molar-refractivity contribution in [3.8, 4) is 0 Å². The number of aliphatic carboxylic acids is 1.